The zero-order valence-corrected chi connectivity index (χ0v) is 8.15. The number of nitrogens with one attached hydrogen (secondary N) is 1. The number of hydrogen-bond acceptors (Lipinski definition) is 2. The number of halogens is 1. The lowest BCUT2D eigenvalue weighted by Crippen LogP contribution is -2.07. The Bertz CT molecular complexity index is 299. The van der Waals surface area contributed by atoms with Gasteiger partial charge in [0.1, 0.15) is 0 Å². The minimum absolute atomic E-state index is 0.298. The van der Waals surface area contributed by atoms with E-state index in [0.717, 1.165) is 11.1 Å². The molecule has 0 spiro atoms. The van der Waals surface area contributed by atoms with Crippen LogP contribution in [-0.4, -0.2) is 14.2 Å². The first kappa shape index (κ1) is 9.99. The molecule has 0 radical (unpaired) electrons. The van der Waals surface area contributed by atoms with Gasteiger partial charge in [0, 0.05) is 12.1 Å². The van der Waals surface area contributed by atoms with E-state index in [1.165, 1.54) is 13.2 Å². The van der Waals surface area contributed by atoms with Crippen LogP contribution in [0, 0.1) is 12.7 Å². The molecule has 1 N–H and O–H groups in total. The molecule has 72 valence electrons. The molecule has 0 unspecified atom stereocenters. The van der Waals surface area contributed by atoms with Crippen molar-refractivity contribution in [2.45, 2.75) is 13.5 Å². The fraction of sp³-hybridized carbons (Fsp3) is 0.400. The molecular weight excluding hydrogens is 169 g/mol. The van der Waals surface area contributed by atoms with Crippen molar-refractivity contribution in [1.29, 1.82) is 0 Å². The van der Waals surface area contributed by atoms with Gasteiger partial charge in [-0.1, -0.05) is 6.07 Å². The Morgan fingerprint density at radius 2 is 2.15 bits per heavy atom. The van der Waals surface area contributed by atoms with Gasteiger partial charge in [-0.25, -0.2) is 4.39 Å². The third-order valence-corrected chi connectivity index (χ3v) is 1.84. The van der Waals surface area contributed by atoms with Crippen molar-refractivity contribution in [3.05, 3.63) is 29.1 Å². The lowest BCUT2D eigenvalue weighted by atomic mass is 10.1. The molecule has 0 aliphatic carbocycles. The maximum Gasteiger partial charge on any atom is 0.165 e. The molecule has 0 saturated carbocycles. The van der Waals surface area contributed by atoms with Gasteiger partial charge in [0.2, 0.25) is 0 Å². The highest BCUT2D eigenvalue weighted by atomic mass is 19.1. The molecule has 2 nitrogen and oxygen atoms in total. The molecule has 0 aromatic heterocycles. The number of rotatable bonds is 3. The van der Waals surface area contributed by atoms with E-state index in [-0.39, 0.29) is 5.82 Å². The quantitative estimate of drug-likeness (QED) is 0.772. The van der Waals surface area contributed by atoms with Crippen molar-refractivity contribution in [1.82, 2.24) is 5.32 Å². The van der Waals surface area contributed by atoms with Crippen LogP contribution in [0.25, 0.3) is 0 Å². The molecule has 0 aliphatic rings. The Kier molecular flexibility index (Phi) is 3.25. The largest absolute Gasteiger partial charge is 0.493 e. The second-order valence-electron chi connectivity index (χ2n) is 2.97. The highest BCUT2D eigenvalue weighted by molar-refractivity contribution is 5.38. The Morgan fingerprint density at radius 3 is 2.69 bits per heavy atom. The number of hydrogen-bond donors (Lipinski definition) is 1. The van der Waals surface area contributed by atoms with Crippen LogP contribution in [0.1, 0.15) is 11.1 Å². The molecule has 0 amide bonds. The number of ether oxygens (including phenoxy) is 1. The zero-order valence-electron chi connectivity index (χ0n) is 8.15. The van der Waals surface area contributed by atoms with E-state index in [1.54, 1.807) is 0 Å². The molecular formula is C10H14FNO. The van der Waals surface area contributed by atoms with E-state index in [4.69, 9.17) is 4.74 Å². The predicted molar refractivity (Wildman–Crippen MR) is 50.5 cm³/mol. The number of benzene rings is 1. The van der Waals surface area contributed by atoms with E-state index >= 15 is 0 Å². The van der Waals surface area contributed by atoms with Gasteiger partial charge in [-0.15, -0.1) is 0 Å². The first-order valence-corrected chi connectivity index (χ1v) is 4.16. The van der Waals surface area contributed by atoms with Crippen LogP contribution in [0.4, 0.5) is 4.39 Å². The standard InChI is InChI=1S/C10H14FNO/c1-7-4-8(6-12-2)10(13-3)9(11)5-7/h4-5,12H,6H2,1-3H3. The van der Waals surface area contributed by atoms with Gasteiger partial charge < -0.3 is 10.1 Å². The van der Waals surface area contributed by atoms with Crippen LogP contribution in [0.5, 0.6) is 5.75 Å². The van der Waals surface area contributed by atoms with Crippen molar-refractivity contribution >= 4 is 0 Å². The Balaban J connectivity index is 3.13. The van der Waals surface area contributed by atoms with Crippen molar-refractivity contribution in [2.24, 2.45) is 0 Å². The summed E-state index contributed by atoms with van der Waals surface area (Å²) in [6.45, 7) is 2.48. The highest BCUT2D eigenvalue weighted by Gasteiger charge is 2.08. The lowest BCUT2D eigenvalue weighted by molar-refractivity contribution is 0.380. The van der Waals surface area contributed by atoms with E-state index in [2.05, 4.69) is 5.32 Å². The van der Waals surface area contributed by atoms with Crippen LogP contribution in [-0.2, 0) is 6.54 Å². The SMILES string of the molecule is CNCc1cc(C)cc(F)c1OC. The number of methoxy groups -OCH3 is 1. The smallest absolute Gasteiger partial charge is 0.165 e. The van der Waals surface area contributed by atoms with Crippen LogP contribution in [0.3, 0.4) is 0 Å². The van der Waals surface area contributed by atoms with Crippen molar-refractivity contribution < 1.29 is 9.13 Å². The first-order valence-electron chi connectivity index (χ1n) is 4.16. The van der Waals surface area contributed by atoms with Crippen molar-refractivity contribution in [2.75, 3.05) is 14.2 Å². The maximum atomic E-state index is 13.3. The van der Waals surface area contributed by atoms with Crippen LogP contribution < -0.4 is 10.1 Å². The molecule has 1 aromatic carbocycles. The summed E-state index contributed by atoms with van der Waals surface area (Å²) in [4.78, 5) is 0. The van der Waals surface area contributed by atoms with Gasteiger partial charge in [0.25, 0.3) is 0 Å². The van der Waals surface area contributed by atoms with Gasteiger partial charge in [-0.05, 0) is 25.6 Å². The molecule has 0 heterocycles. The minimum Gasteiger partial charge on any atom is -0.493 e. The molecule has 0 aliphatic heterocycles. The molecule has 0 fully saturated rings. The summed E-state index contributed by atoms with van der Waals surface area (Å²) in [5, 5.41) is 2.97. The van der Waals surface area contributed by atoms with Gasteiger partial charge in [-0.2, -0.15) is 0 Å². The summed E-state index contributed by atoms with van der Waals surface area (Å²) < 4.78 is 18.3. The van der Waals surface area contributed by atoms with Gasteiger partial charge >= 0.3 is 0 Å². The minimum atomic E-state index is -0.298. The summed E-state index contributed by atoms with van der Waals surface area (Å²) in [5.74, 6) is 0.0349. The molecule has 0 atom stereocenters. The summed E-state index contributed by atoms with van der Waals surface area (Å²) in [7, 11) is 3.30. The summed E-state index contributed by atoms with van der Waals surface area (Å²) in [6.07, 6.45) is 0. The fourth-order valence-electron chi connectivity index (χ4n) is 1.35. The van der Waals surface area contributed by atoms with Crippen molar-refractivity contribution in [3.8, 4) is 5.75 Å². The average molecular weight is 183 g/mol. The van der Waals surface area contributed by atoms with Crippen molar-refractivity contribution in [3.63, 3.8) is 0 Å². The van der Waals surface area contributed by atoms with E-state index in [9.17, 15) is 4.39 Å². The van der Waals surface area contributed by atoms with Crippen LogP contribution in [0.15, 0.2) is 12.1 Å². The monoisotopic (exact) mass is 183 g/mol. The summed E-state index contributed by atoms with van der Waals surface area (Å²) in [6, 6.07) is 3.39. The van der Waals surface area contributed by atoms with Crippen LogP contribution in [0.2, 0.25) is 0 Å². The predicted octanol–water partition coefficient (Wildman–Crippen LogP) is 1.86. The molecule has 0 bridgehead atoms. The van der Waals surface area contributed by atoms with Gasteiger partial charge in [-0.3, -0.25) is 0 Å². The average Bonchev–Trinajstić information content (AvgIpc) is 2.04. The van der Waals surface area contributed by atoms with Gasteiger partial charge in [0.05, 0.1) is 7.11 Å². The Labute approximate surface area is 77.7 Å². The third kappa shape index (κ3) is 2.18. The molecule has 1 rings (SSSR count). The van der Waals surface area contributed by atoms with Crippen LogP contribution >= 0.6 is 0 Å². The van der Waals surface area contributed by atoms with E-state index < -0.39 is 0 Å². The van der Waals surface area contributed by atoms with Gasteiger partial charge in [0.15, 0.2) is 11.6 Å². The third-order valence-electron chi connectivity index (χ3n) is 1.84. The van der Waals surface area contributed by atoms with E-state index in [0.29, 0.717) is 12.3 Å². The Morgan fingerprint density at radius 1 is 1.46 bits per heavy atom. The zero-order chi connectivity index (χ0) is 9.84. The summed E-state index contributed by atoms with van der Waals surface area (Å²) >= 11 is 0. The fourth-order valence-corrected chi connectivity index (χ4v) is 1.35. The highest BCUT2D eigenvalue weighted by Crippen LogP contribution is 2.23. The first-order chi connectivity index (χ1) is 6.19. The molecule has 13 heavy (non-hydrogen) atoms. The Hall–Kier alpha value is -1.09. The van der Waals surface area contributed by atoms with E-state index in [1.807, 2.05) is 20.0 Å². The normalized spacial score (nSPS) is 10.2. The topological polar surface area (TPSA) is 21.3 Å². The number of aryl methyl sites for hydroxylation is 1. The second-order valence-corrected chi connectivity index (χ2v) is 2.97. The molecule has 0 saturated heterocycles. The maximum absolute atomic E-state index is 13.3. The lowest BCUT2D eigenvalue weighted by Gasteiger charge is -2.09. The summed E-state index contributed by atoms with van der Waals surface area (Å²) in [5.41, 5.74) is 1.76. The molecule has 3 heteroatoms. The second kappa shape index (κ2) is 4.23. The molecule has 1 aromatic rings.